The Bertz CT molecular complexity index is 973. The van der Waals surface area contributed by atoms with Crippen LogP contribution in [0.1, 0.15) is 29.1 Å². The minimum absolute atomic E-state index is 0.106. The van der Waals surface area contributed by atoms with Gasteiger partial charge in [-0.2, -0.15) is 0 Å². The lowest BCUT2D eigenvalue weighted by Crippen LogP contribution is -2.41. The molecule has 3 aromatic rings. The van der Waals surface area contributed by atoms with E-state index < -0.39 is 0 Å². The van der Waals surface area contributed by atoms with Gasteiger partial charge in [0.2, 0.25) is 5.91 Å². The molecule has 0 aliphatic carbocycles. The predicted molar refractivity (Wildman–Crippen MR) is 135 cm³/mol. The van der Waals surface area contributed by atoms with E-state index in [-0.39, 0.29) is 5.91 Å². The molecule has 33 heavy (non-hydrogen) atoms. The highest BCUT2D eigenvalue weighted by Gasteiger charge is 2.19. The first-order valence-corrected chi connectivity index (χ1v) is 12.2. The number of ether oxygens (including phenoxy) is 1. The second kappa shape index (κ2) is 13.3. The molecule has 2 aromatic carbocycles. The summed E-state index contributed by atoms with van der Waals surface area (Å²) in [5, 5.41) is 0. The number of carbonyl (C=O) groups is 1. The fourth-order valence-electron chi connectivity index (χ4n) is 3.74. The minimum atomic E-state index is 0.106. The Morgan fingerprint density at radius 1 is 0.939 bits per heavy atom. The molecule has 0 saturated heterocycles. The van der Waals surface area contributed by atoms with Gasteiger partial charge in [-0.25, -0.2) is 0 Å². The standard InChI is InChI=1S/C27H33BrN2O3/c1-22-9-14-26(33-22)20-30(17-15-23-7-4-3-5-8-23)27(31)21-29(16-6-18-32-2)19-24-10-12-25(28)13-11-24/h3-5,7-14H,6,15-21H2,1-2H3. The molecule has 6 heteroatoms. The van der Waals surface area contributed by atoms with Crippen LogP contribution >= 0.6 is 15.9 Å². The summed E-state index contributed by atoms with van der Waals surface area (Å²) in [5.74, 6) is 1.78. The lowest BCUT2D eigenvalue weighted by atomic mass is 10.1. The first kappa shape index (κ1) is 25.2. The Hall–Kier alpha value is -2.41. The molecular formula is C27H33BrN2O3. The molecule has 0 aliphatic heterocycles. The summed E-state index contributed by atoms with van der Waals surface area (Å²) in [6.07, 6.45) is 1.68. The number of aryl methyl sites for hydroxylation is 1. The smallest absolute Gasteiger partial charge is 0.237 e. The molecule has 0 N–H and O–H groups in total. The van der Waals surface area contributed by atoms with Crippen LogP contribution in [0, 0.1) is 6.92 Å². The number of nitrogens with zero attached hydrogens (tertiary/aromatic N) is 2. The maximum atomic E-state index is 13.5. The van der Waals surface area contributed by atoms with Crippen molar-refractivity contribution in [2.45, 2.75) is 32.9 Å². The van der Waals surface area contributed by atoms with Crippen LogP contribution in [-0.2, 0) is 29.0 Å². The maximum Gasteiger partial charge on any atom is 0.237 e. The largest absolute Gasteiger partial charge is 0.464 e. The number of hydrogen-bond acceptors (Lipinski definition) is 4. The lowest BCUT2D eigenvalue weighted by molar-refractivity contribution is -0.133. The van der Waals surface area contributed by atoms with Gasteiger partial charge in [-0.15, -0.1) is 0 Å². The van der Waals surface area contributed by atoms with Gasteiger partial charge in [-0.05, 0) is 55.2 Å². The van der Waals surface area contributed by atoms with Gasteiger partial charge in [-0.1, -0.05) is 58.4 Å². The summed E-state index contributed by atoms with van der Waals surface area (Å²) in [6.45, 7) is 5.59. The molecule has 3 rings (SSSR count). The molecule has 0 atom stereocenters. The summed E-state index contributed by atoms with van der Waals surface area (Å²) < 4.78 is 12.1. The SMILES string of the molecule is COCCCN(CC(=O)N(CCc1ccccc1)Cc1ccc(C)o1)Cc1ccc(Br)cc1. The number of benzene rings is 2. The molecule has 0 unspecified atom stereocenters. The van der Waals surface area contributed by atoms with Gasteiger partial charge in [0.25, 0.3) is 0 Å². The second-order valence-corrected chi connectivity index (χ2v) is 9.16. The van der Waals surface area contributed by atoms with E-state index in [2.05, 4.69) is 45.1 Å². The normalized spacial score (nSPS) is 11.2. The van der Waals surface area contributed by atoms with E-state index in [1.54, 1.807) is 7.11 Å². The highest BCUT2D eigenvalue weighted by molar-refractivity contribution is 9.10. The molecule has 0 aliphatic rings. The quantitative estimate of drug-likeness (QED) is 0.285. The van der Waals surface area contributed by atoms with Crippen molar-refractivity contribution in [3.05, 3.63) is 93.9 Å². The summed E-state index contributed by atoms with van der Waals surface area (Å²) in [6, 6.07) is 22.4. The van der Waals surface area contributed by atoms with Crippen molar-refractivity contribution in [1.29, 1.82) is 0 Å². The molecule has 1 amide bonds. The highest BCUT2D eigenvalue weighted by atomic mass is 79.9. The molecular weight excluding hydrogens is 480 g/mol. The fraction of sp³-hybridized carbons (Fsp3) is 0.370. The van der Waals surface area contributed by atoms with Crippen molar-refractivity contribution in [1.82, 2.24) is 9.80 Å². The number of methoxy groups -OCH3 is 1. The van der Waals surface area contributed by atoms with Gasteiger partial charge in [0, 0.05) is 37.8 Å². The van der Waals surface area contributed by atoms with E-state index in [9.17, 15) is 4.79 Å². The third-order valence-electron chi connectivity index (χ3n) is 5.51. The average molecular weight is 513 g/mol. The van der Waals surface area contributed by atoms with Crippen LogP contribution in [0.5, 0.6) is 0 Å². The summed E-state index contributed by atoms with van der Waals surface area (Å²) in [4.78, 5) is 17.6. The molecule has 0 saturated carbocycles. The minimum Gasteiger partial charge on any atom is -0.464 e. The number of furan rings is 1. The van der Waals surface area contributed by atoms with Crippen molar-refractivity contribution in [2.24, 2.45) is 0 Å². The second-order valence-electron chi connectivity index (χ2n) is 8.25. The Morgan fingerprint density at radius 3 is 2.36 bits per heavy atom. The van der Waals surface area contributed by atoms with Gasteiger partial charge in [0.05, 0.1) is 13.1 Å². The van der Waals surface area contributed by atoms with E-state index in [0.29, 0.717) is 26.2 Å². The summed E-state index contributed by atoms with van der Waals surface area (Å²) >= 11 is 3.49. The van der Waals surface area contributed by atoms with Gasteiger partial charge >= 0.3 is 0 Å². The van der Waals surface area contributed by atoms with Crippen molar-refractivity contribution >= 4 is 21.8 Å². The van der Waals surface area contributed by atoms with E-state index in [1.165, 1.54) is 11.1 Å². The topological polar surface area (TPSA) is 45.9 Å². The number of halogens is 1. The molecule has 5 nitrogen and oxygen atoms in total. The molecule has 0 spiro atoms. The van der Waals surface area contributed by atoms with Crippen molar-refractivity contribution < 1.29 is 13.9 Å². The molecule has 1 heterocycles. The number of hydrogen-bond donors (Lipinski definition) is 0. The third kappa shape index (κ3) is 8.80. The first-order chi connectivity index (χ1) is 16.0. The first-order valence-electron chi connectivity index (χ1n) is 11.4. The van der Waals surface area contributed by atoms with Crippen LogP contribution < -0.4 is 0 Å². The van der Waals surface area contributed by atoms with Gasteiger partial charge in [0.15, 0.2) is 0 Å². The van der Waals surface area contributed by atoms with E-state index >= 15 is 0 Å². The Kier molecular flexibility index (Phi) is 10.2. The van der Waals surface area contributed by atoms with Gasteiger partial charge in [-0.3, -0.25) is 9.69 Å². The highest BCUT2D eigenvalue weighted by Crippen LogP contribution is 2.15. The number of amides is 1. The average Bonchev–Trinajstić information content (AvgIpc) is 3.23. The molecule has 176 valence electrons. The van der Waals surface area contributed by atoms with Crippen LogP contribution in [0.25, 0.3) is 0 Å². The Balaban J connectivity index is 1.69. The van der Waals surface area contributed by atoms with Crippen LogP contribution in [0.4, 0.5) is 0 Å². The summed E-state index contributed by atoms with van der Waals surface area (Å²) in [5.41, 5.74) is 2.40. The zero-order valence-electron chi connectivity index (χ0n) is 19.5. The zero-order chi connectivity index (χ0) is 23.5. The van der Waals surface area contributed by atoms with E-state index in [1.807, 2.05) is 54.3 Å². The van der Waals surface area contributed by atoms with Crippen LogP contribution in [0.3, 0.4) is 0 Å². The Morgan fingerprint density at radius 2 is 1.70 bits per heavy atom. The summed E-state index contributed by atoms with van der Waals surface area (Å²) in [7, 11) is 1.71. The monoisotopic (exact) mass is 512 g/mol. The fourth-order valence-corrected chi connectivity index (χ4v) is 4.01. The molecule has 0 fully saturated rings. The molecule has 1 aromatic heterocycles. The van der Waals surface area contributed by atoms with E-state index in [0.717, 1.165) is 41.9 Å². The van der Waals surface area contributed by atoms with Crippen molar-refractivity contribution in [3.63, 3.8) is 0 Å². The number of rotatable bonds is 13. The Labute approximate surface area is 205 Å². The van der Waals surface area contributed by atoms with Gasteiger partial charge in [0.1, 0.15) is 11.5 Å². The van der Waals surface area contributed by atoms with Gasteiger partial charge < -0.3 is 14.1 Å². The molecule has 0 bridgehead atoms. The van der Waals surface area contributed by atoms with Crippen LogP contribution in [0.2, 0.25) is 0 Å². The number of carbonyl (C=O) groups excluding carboxylic acids is 1. The zero-order valence-corrected chi connectivity index (χ0v) is 21.1. The molecule has 0 radical (unpaired) electrons. The van der Waals surface area contributed by atoms with Crippen molar-refractivity contribution in [3.8, 4) is 0 Å². The predicted octanol–water partition coefficient (Wildman–Crippen LogP) is 5.46. The van der Waals surface area contributed by atoms with Crippen molar-refractivity contribution in [2.75, 3.05) is 33.4 Å². The van der Waals surface area contributed by atoms with E-state index in [4.69, 9.17) is 9.15 Å². The lowest BCUT2D eigenvalue weighted by Gasteiger charge is -2.27. The van der Waals surface area contributed by atoms with Crippen LogP contribution in [-0.4, -0.2) is 49.1 Å². The maximum absolute atomic E-state index is 13.5. The third-order valence-corrected chi connectivity index (χ3v) is 6.04. The van der Waals surface area contributed by atoms with Crippen LogP contribution in [0.15, 0.2) is 75.6 Å².